The molecule has 2 aromatic carbocycles. The van der Waals surface area contributed by atoms with Crippen molar-refractivity contribution in [1.29, 1.82) is 0 Å². The van der Waals surface area contributed by atoms with Crippen LogP contribution in [0.2, 0.25) is 0 Å². The lowest BCUT2D eigenvalue weighted by atomic mass is 9.81. The van der Waals surface area contributed by atoms with Crippen LogP contribution in [0.15, 0.2) is 42.5 Å². The van der Waals surface area contributed by atoms with E-state index in [9.17, 15) is 19.8 Å². The predicted octanol–water partition coefficient (Wildman–Crippen LogP) is 2.40. The van der Waals surface area contributed by atoms with Gasteiger partial charge in [0.05, 0.1) is 14.2 Å². The van der Waals surface area contributed by atoms with Crippen LogP contribution in [0, 0.1) is 5.92 Å². The molecule has 0 aliphatic carbocycles. The van der Waals surface area contributed by atoms with Gasteiger partial charge in [0.1, 0.15) is 11.5 Å². The Morgan fingerprint density at radius 1 is 0.962 bits per heavy atom. The van der Waals surface area contributed by atoms with Crippen LogP contribution < -0.4 is 15.2 Å². The Hall–Kier alpha value is -3.22. The lowest BCUT2D eigenvalue weighted by molar-refractivity contribution is -0.155. The minimum Gasteiger partial charge on any atom is -0.497 e. The van der Waals surface area contributed by atoms with Gasteiger partial charge in [-0.25, -0.2) is 0 Å². The zero-order valence-electron chi connectivity index (χ0n) is 14.5. The summed E-state index contributed by atoms with van der Waals surface area (Å²) in [5.41, 5.74) is 7.64. The lowest BCUT2D eigenvalue weighted by Gasteiger charge is -2.23. The normalized spacial score (nSPS) is 11.8. The summed E-state index contributed by atoms with van der Waals surface area (Å²) in [5.74, 6) is -4.08. The number of hydrogen-bond acceptors (Lipinski definition) is 5. The van der Waals surface area contributed by atoms with Gasteiger partial charge < -0.3 is 25.4 Å². The second-order valence-corrected chi connectivity index (χ2v) is 5.80. The van der Waals surface area contributed by atoms with Gasteiger partial charge in [0, 0.05) is 11.6 Å². The number of aliphatic carboxylic acids is 2. The molecule has 7 heteroatoms. The van der Waals surface area contributed by atoms with Crippen LogP contribution in [-0.2, 0) is 16.0 Å². The van der Waals surface area contributed by atoms with Gasteiger partial charge in [0.15, 0.2) is 5.92 Å². The number of ether oxygens (including phenoxy) is 2. The van der Waals surface area contributed by atoms with Gasteiger partial charge in [0.2, 0.25) is 0 Å². The van der Waals surface area contributed by atoms with E-state index in [0.717, 1.165) is 0 Å². The maximum absolute atomic E-state index is 11.6. The number of nitrogens with two attached hydrogens (primary N) is 1. The fourth-order valence-corrected chi connectivity index (χ4v) is 2.85. The number of carboxylic acids is 2. The van der Waals surface area contributed by atoms with Crippen molar-refractivity contribution < 1.29 is 29.3 Å². The molecule has 0 aliphatic rings. The number of methoxy groups -OCH3 is 2. The van der Waals surface area contributed by atoms with E-state index in [2.05, 4.69) is 0 Å². The number of rotatable bonds is 8. The molecular formula is C19H21NO6. The van der Waals surface area contributed by atoms with Crippen LogP contribution in [0.3, 0.4) is 0 Å². The van der Waals surface area contributed by atoms with E-state index >= 15 is 0 Å². The number of anilines is 1. The summed E-state index contributed by atoms with van der Waals surface area (Å²) in [7, 11) is 3.02. The molecule has 0 saturated heterocycles. The van der Waals surface area contributed by atoms with Crippen LogP contribution >= 0.6 is 0 Å². The van der Waals surface area contributed by atoms with E-state index in [1.54, 1.807) is 42.5 Å². The lowest BCUT2D eigenvalue weighted by Crippen LogP contribution is -2.31. The van der Waals surface area contributed by atoms with Crippen molar-refractivity contribution in [3.8, 4) is 11.5 Å². The average molecular weight is 359 g/mol. The molecule has 0 amide bonds. The van der Waals surface area contributed by atoms with Gasteiger partial charge in [-0.2, -0.15) is 0 Å². The van der Waals surface area contributed by atoms with Crippen molar-refractivity contribution in [2.45, 2.75) is 12.3 Å². The Bertz CT molecular complexity index is 773. The minimum atomic E-state index is -1.62. The van der Waals surface area contributed by atoms with E-state index in [0.29, 0.717) is 28.3 Å². The van der Waals surface area contributed by atoms with Gasteiger partial charge >= 0.3 is 11.9 Å². The number of nitrogen functional groups attached to an aromatic ring is 1. The molecule has 138 valence electrons. The highest BCUT2D eigenvalue weighted by Crippen LogP contribution is 2.33. The second kappa shape index (κ2) is 8.24. The Morgan fingerprint density at radius 2 is 1.50 bits per heavy atom. The third-order valence-corrected chi connectivity index (χ3v) is 4.27. The van der Waals surface area contributed by atoms with E-state index in [1.165, 1.54) is 14.2 Å². The highest BCUT2D eigenvalue weighted by molar-refractivity contribution is 5.94. The first-order chi connectivity index (χ1) is 12.4. The fourth-order valence-electron chi connectivity index (χ4n) is 2.85. The van der Waals surface area contributed by atoms with Gasteiger partial charge in [-0.05, 0) is 47.9 Å². The SMILES string of the molecule is COc1ccc(C(Cc2cc(OC)ccc2N)C(C(=O)O)C(=O)O)cc1. The maximum atomic E-state index is 11.6. The van der Waals surface area contributed by atoms with Gasteiger partial charge in [0.25, 0.3) is 0 Å². The summed E-state index contributed by atoms with van der Waals surface area (Å²) in [5, 5.41) is 18.9. The zero-order valence-corrected chi connectivity index (χ0v) is 14.5. The molecule has 2 aromatic rings. The van der Waals surface area contributed by atoms with Crippen molar-refractivity contribution in [1.82, 2.24) is 0 Å². The number of hydrogen-bond donors (Lipinski definition) is 3. The Morgan fingerprint density at radius 3 is 2.00 bits per heavy atom. The summed E-state index contributed by atoms with van der Waals surface area (Å²) in [6, 6.07) is 11.7. The van der Waals surface area contributed by atoms with Crippen LogP contribution in [0.5, 0.6) is 11.5 Å². The first-order valence-electron chi connectivity index (χ1n) is 7.89. The molecule has 1 atom stereocenters. The van der Waals surface area contributed by atoms with Crippen LogP contribution in [-0.4, -0.2) is 36.4 Å². The molecule has 4 N–H and O–H groups in total. The smallest absolute Gasteiger partial charge is 0.318 e. The summed E-state index contributed by atoms with van der Waals surface area (Å²) in [4.78, 5) is 23.2. The van der Waals surface area contributed by atoms with Crippen molar-refractivity contribution in [3.05, 3.63) is 53.6 Å². The largest absolute Gasteiger partial charge is 0.497 e. The van der Waals surface area contributed by atoms with Crippen LogP contribution in [0.4, 0.5) is 5.69 Å². The molecule has 0 aromatic heterocycles. The molecule has 0 saturated carbocycles. The molecular weight excluding hydrogens is 338 g/mol. The molecule has 1 unspecified atom stereocenters. The first kappa shape index (κ1) is 19.1. The molecule has 2 rings (SSSR count). The third kappa shape index (κ3) is 4.24. The topological polar surface area (TPSA) is 119 Å². The van der Waals surface area contributed by atoms with Crippen molar-refractivity contribution >= 4 is 17.6 Å². The summed E-state index contributed by atoms with van der Waals surface area (Å²) in [6.45, 7) is 0. The van der Waals surface area contributed by atoms with Crippen molar-refractivity contribution in [3.63, 3.8) is 0 Å². The molecule has 0 spiro atoms. The van der Waals surface area contributed by atoms with Crippen LogP contribution in [0.25, 0.3) is 0 Å². The molecule has 7 nitrogen and oxygen atoms in total. The van der Waals surface area contributed by atoms with E-state index in [-0.39, 0.29) is 6.42 Å². The molecule has 26 heavy (non-hydrogen) atoms. The van der Waals surface area contributed by atoms with Gasteiger partial charge in [-0.3, -0.25) is 9.59 Å². The van der Waals surface area contributed by atoms with Crippen molar-refractivity contribution in [2.24, 2.45) is 5.92 Å². The average Bonchev–Trinajstić information content (AvgIpc) is 2.62. The highest BCUT2D eigenvalue weighted by atomic mass is 16.5. The number of carboxylic acid groups (broad SMARTS) is 2. The monoisotopic (exact) mass is 359 g/mol. The standard InChI is InChI=1S/C19H21NO6/c1-25-13-5-3-11(4-6-13)15(17(18(21)22)19(23)24)10-12-9-14(26-2)7-8-16(12)20/h3-9,15,17H,10,20H2,1-2H3,(H,21,22)(H,23,24). The zero-order chi connectivity index (χ0) is 19.3. The first-order valence-corrected chi connectivity index (χ1v) is 7.89. The quantitative estimate of drug-likeness (QED) is 0.489. The van der Waals surface area contributed by atoms with Crippen molar-refractivity contribution in [2.75, 3.05) is 20.0 Å². The van der Waals surface area contributed by atoms with E-state index < -0.39 is 23.8 Å². The summed E-state index contributed by atoms with van der Waals surface area (Å²) >= 11 is 0. The molecule has 0 bridgehead atoms. The molecule has 0 fully saturated rings. The Kier molecular flexibility index (Phi) is 6.06. The number of carbonyl (C=O) groups is 2. The Balaban J connectivity index is 2.49. The summed E-state index contributed by atoms with van der Waals surface area (Å²) < 4.78 is 10.3. The van der Waals surface area contributed by atoms with Gasteiger partial charge in [-0.1, -0.05) is 12.1 Å². The molecule has 0 heterocycles. The number of benzene rings is 2. The highest BCUT2D eigenvalue weighted by Gasteiger charge is 2.36. The Labute approximate surface area is 151 Å². The van der Waals surface area contributed by atoms with Gasteiger partial charge in [-0.15, -0.1) is 0 Å². The summed E-state index contributed by atoms with van der Waals surface area (Å²) in [6.07, 6.45) is 0.138. The third-order valence-electron chi connectivity index (χ3n) is 4.27. The fraction of sp³-hybridized carbons (Fsp3) is 0.263. The second-order valence-electron chi connectivity index (χ2n) is 5.80. The maximum Gasteiger partial charge on any atom is 0.318 e. The minimum absolute atomic E-state index is 0.138. The molecule has 0 aliphatic heterocycles. The van der Waals surface area contributed by atoms with E-state index in [1.807, 2.05) is 0 Å². The predicted molar refractivity (Wildman–Crippen MR) is 95.6 cm³/mol. The van der Waals surface area contributed by atoms with E-state index in [4.69, 9.17) is 15.2 Å². The molecule has 0 radical (unpaired) electrons. The van der Waals surface area contributed by atoms with Crippen LogP contribution in [0.1, 0.15) is 17.0 Å².